The largest absolute Gasteiger partial charge is 0.491 e. The summed E-state index contributed by atoms with van der Waals surface area (Å²) in [4.78, 5) is 0. The molecule has 0 amide bonds. The lowest BCUT2D eigenvalue weighted by molar-refractivity contribution is 0.0990. The van der Waals surface area contributed by atoms with Gasteiger partial charge in [0.25, 0.3) is 0 Å². The van der Waals surface area contributed by atoms with Gasteiger partial charge in [0.1, 0.15) is 18.5 Å². The lowest BCUT2D eigenvalue weighted by atomic mass is 9.84. The number of aryl methyl sites for hydroxylation is 1. The lowest BCUT2D eigenvalue weighted by Gasteiger charge is -2.29. The highest BCUT2D eigenvalue weighted by Crippen LogP contribution is 2.49. The highest BCUT2D eigenvalue weighted by atomic mass is 16.5. The summed E-state index contributed by atoms with van der Waals surface area (Å²) >= 11 is 0. The van der Waals surface area contributed by atoms with Crippen LogP contribution in [0.15, 0.2) is 24.3 Å². The van der Waals surface area contributed by atoms with Crippen molar-refractivity contribution >= 4 is 0 Å². The van der Waals surface area contributed by atoms with Gasteiger partial charge in [-0.05, 0) is 62.5 Å². The topological polar surface area (TPSA) is 41.5 Å². The fourth-order valence-electron chi connectivity index (χ4n) is 4.34. The van der Waals surface area contributed by atoms with Gasteiger partial charge in [0.2, 0.25) is 0 Å². The Kier molecular flexibility index (Phi) is 5.04. The van der Waals surface area contributed by atoms with Crippen molar-refractivity contribution < 1.29 is 9.84 Å². The van der Waals surface area contributed by atoms with Crippen LogP contribution in [-0.2, 0) is 0 Å². The molecule has 122 valence electrons. The van der Waals surface area contributed by atoms with Gasteiger partial charge in [0.15, 0.2) is 0 Å². The van der Waals surface area contributed by atoms with Gasteiger partial charge in [0, 0.05) is 12.6 Å². The van der Waals surface area contributed by atoms with E-state index in [0.717, 1.165) is 29.1 Å². The third kappa shape index (κ3) is 3.64. The summed E-state index contributed by atoms with van der Waals surface area (Å²) in [5.41, 5.74) is 1.11. The third-order valence-corrected chi connectivity index (χ3v) is 5.64. The maximum atomic E-state index is 10.1. The maximum absolute atomic E-state index is 10.1. The van der Waals surface area contributed by atoms with Crippen LogP contribution in [0.4, 0.5) is 0 Å². The second-order valence-electron chi connectivity index (χ2n) is 7.27. The van der Waals surface area contributed by atoms with Gasteiger partial charge in [0.05, 0.1) is 0 Å². The second-order valence-corrected chi connectivity index (χ2v) is 7.27. The van der Waals surface area contributed by atoms with Crippen molar-refractivity contribution in [2.75, 3.05) is 13.2 Å². The maximum Gasteiger partial charge on any atom is 0.122 e. The zero-order chi connectivity index (χ0) is 15.5. The van der Waals surface area contributed by atoms with Crippen LogP contribution >= 0.6 is 0 Å². The molecule has 2 aliphatic rings. The van der Waals surface area contributed by atoms with E-state index in [0.29, 0.717) is 19.2 Å². The summed E-state index contributed by atoms with van der Waals surface area (Å²) in [7, 11) is 0. The van der Waals surface area contributed by atoms with Crippen LogP contribution in [0.25, 0.3) is 0 Å². The molecule has 2 aliphatic carbocycles. The van der Waals surface area contributed by atoms with Crippen molar-refractivity contribution in [3.63, 3.8) is 0 Å². The van der Waals surface area contributed by atoms with E-state index in [1.54, 1.807) is 0 Å². The van der Waals surface area contributed by atoms with Crippen molar-refractivity contribution in [2.24, 2.45) is 17.8 Å². The van der Waals surface area contributed by atoms with Gasteiger partial charge in [-0.3, -0.25) is 0 Å². The minimum atomic E-state index is -0.458. The monoisotopic (exact) mass is 303 g/mol. The molecule has 2 fully saturated rings. The number of para-hydroxylation sites is 1. The second kappa shape index (κ2) is 7.01. The average Bonchev–Trinajstić information content (AvgIpc) is 3.15. The van der Waals surface area contributed by atoms with Crippen molar-refractivity contribution in [3.05, 3.63) is 29.8 Å². The third-order valence-electron chi connectivity index (χ3n) is 5.64. The summed E-state index contributed by atoms with van der Waals surface area (Å²) < 4.78 is 5.72. The van der Waals surface area contributed by atoms with Crippen LogP contribution in [-0.4, -0.2) is 30.4 Å². The zero-order valence-electron chi connectivity index (χ0n) is 13.8. The lowest BCUT2D eigenvalue weighted by Crippen LogP contribution is -2.41. The molecule has 1 aromatic rings. The number of hydrogen-bond donors (Lipinski definition) is 2. The van der Waals surface area contributed by atoms with E-state index in [4.69, 9.17) is 4.74 Å². The first-order chi connectivity index (χ1) is 10.6. The number of benzene rings is 1. The Bertz CT molecular complexity index is 490. The molecule has 0 unspecified atom stereocenters. The Labute approximate surface area is 134 Å². The highest BCUT2D eigenvalue weighted by Gasteiger charge is 2.41. The van der Waals surface area contributed by atoms with Crippen molar-refractivity contribution in [3.8, 4) is 5.75 Å². The first kappa shape index (κ1) is 15.8. The average molecular weight is 303 g/mol. The van der Waals surface area contributed by atoms with Crippen LogP contribution in [0.1, 0.15) is 38.2 Å². The van der Waals surface area contributed by atoms with Gasteiger partial charge < -0.3 is 15.2 Å². The zero-order valence-corrected chi connectivity index (χ0v) is 13.8. The molecular weight excluding hydrogens is 274 g/mol. The van der Waals surface area contributed by atoms with Crippen molar-refractivity contribution in [2.45, 2.75) is 51.7 Å². The Balaban J connectivity index is 1.39. The van der Waals surface area contributed by atoms with Gasteiger partial charge in [-0.2, -0.15) is 0 Å². The van der Waals surface area contributed by atoms with E-state index in [1.807, 2.05) is 31.2 Å². The number of aliphatic hydroxyl groups excluding tert-OH is 1. The molecule has 0 aromatic heterocycles. The van der Waals surface area contributed by atoms with E-state index in [9.17, 15) is 5.11 Å². The van der Waals surface area contributed by atoms with E-state index in [1.165, 1.54) is 25.7 Å². The van der Waals surface area contributed by atoms with Crippen molar-refractivity contribution in [1.29, 1.82) is 0 Å². The van der Waals surface area contributed by atoms with Gasteiger partial charge in [-0.1, -0.05) is 24.6 Å². The van der Waals surface area contributed by atoms with Crippen LogP contribution in [0.3, 0.4) is 0 Å². The molecular formula is C19H29NO2. The molecule has 0 heterocycles. The number of ether oxygens (including phenoxy) is 1. The van der Waals surface area contributed by atoms with Crippen LogP contribution in [0, 0.1) is 24.7 Å². The molecule has 1 aromatic carbocycles. The summed E-state index contributed by atoms with van der Waals surface area (Å²) in [5, 5.41) is 13.7. The standard InChI is InChI=1S/C19H29NO2/c1-13-5-3-4-6-19(13)22-12-17(21)11-20-14(2)18-10-15-7-8-16(18)9-15/h3-6,14-18,20-21H,7-12H2,1-2H3/t14-,15-,16-,17+,18+/m0/s1. The predicted molar refractivity (Wildman–Crippen MR) is 89.1 cm³/mol. The molecule has 5 atom stereocenters. The molecule has 2 bridgehead atoms. The van der Waals surface area contributed by atoms with E-state index in [2.05, 4.69) is 12.2 Å². The quantitative estimate of drug-likeness (QED) is 0.813. The fourth-order valence-corrected chi connectivity index (χ4v) is 4.34. The summed E-state index contributed by atoms with van der Waals surface area (Å²) in [6.45, 7) is 5.26. The molecule has 0 aliphatic heterocycles. The molecule has 3 nitrogen and oxygen atoms in total. The summed E-state index contributed by atoms with van der Waals surface area (Å²) in [5.74, 6) is 3.58. The first-order valence-corrected chi connectivity index (χ1v) is 8.73. The number of nitrogens with one attached hydrogen (secondary N) is 1. The SMILES string of the molecule is Cc1ccccc1OC[C@H](O)CN[C@@H](C)[C@H]1C[C@H]2CC[C@H]1C2. The Hall–Kier alpha value is -1.06. The van der Waals surface area contributed by atoms with Crippen LogP contribution in [0.2, 0.25) is 0 Å². The summed E-state index contributed by atoms with van der Waals surface area (Å²) in [6, 6.07) is 8.44. The molecule has 0 saturated heterocycles. The van der Waals surface area contributed by atoms with Gasteiger partial charge in [-0.25, -0.2) is 0 Å². The van der Waals surface area contributed by atoms with E-state index in [-0.39, 0.29) is 0 Å². The number of fused-ring (bicyclic) bond motifs is 2. The number of rotatable bonds is 7. The molecule has 0 spiro atoms. The Morgan fingerprint density at radius 1 is 1.27 bits per heavy atom. The van der Waals surface area contributed by atoms with E-state index >= 15 is 0 Å². The van der Waals surface area contributed by atoms with Crippen molar-refractivity contribution in [1.82, 2.24) is 5.32 Å². The van der Waals surface area contributed by atoms with Crippen LogP contribution in [0.5, 0.6) is 5.75 Å². The molecule has 3 rings (SSSR count). The Morgan fingerprint density at radius 3 is 2.77 bits per heavy atom. The molecule has 0 radical (unpaired) electrons. The van der Waals surface area contributed by atoms with Gasteiger partial charge in [-0.15, -0.1) is 0 Å². The summed E-state index contributed by atoms with van der Waals surface area (Å²) in [6.07, 6.45) is 5.23. The molecule has 2 saturated carbocycles. The number of hydrogen-bond acceptors (Lipinski definition) is 3. The Morgan fingerprint density at radius 2 is 2.09 bits per heavy atom. The fraction of sp³-hybridized carbons (Fsp3) is 0.684. The highest BCUT2D eigenvalue weighted by molar-refractivity contribution is 5.31. The van der Waals surface area contributed by atoms with E-state index < -0.39 is 6.10 Å². The molecule has 22 heavy (non-hydrogen) atoms. The minimum absolute atomic E-state index is 0.349. The van der Waals surface area contributed by atoms with Gasteiger partial charge >= 0.3 is 0 Å². The smallest absolute Gasteiger partial charge is 0.122 e. The predicted octanol–water partition coefficient (Wildman–Crippen LogP) is 3.15. The molecule has 3 heteroatoms. The minimum Gasteiger partial charge on any atom is -0.491 e. The van der Waals surface area contributed by atoms with Crippen LogP contribution < -0.4 is 10.1 Å². The molecule has 2 N–H and O–H groups in total. The number of aliphatic hydroxyl groups is 1. The normalized spacial score (nSPS) is 29.5. The first-order valence-electron chi connectivity index (χ1n) is 8.73.